The molecule has 3 N–H and O–H groups in total. The van der Waals surface area contributed by atoms with Crippen LogP contribution in [0.25, 0.3) is 0 Å². The zero-order valence-electron chi connectivity index (χ0n) is 10.2. The first kappa shape index (κ1) is 14.0. The first-order valence-electron chi connectivity index (χ1n) is 5.89. The Morgan fingerprint density at radius 1 is 1.29 bits per heavy atom. The minimum absolute atomic E-state index is 0.00244. The molecule has 17 heavy (non-hydrogen) atoms. The van der Waals surface area contributed by atoms with Crippen LogP contribution in [0.2, 0.25) is 5.02 Å². The summed E-state index contributed by atoms with van der Waals surface area (Å²) >= 11 is 5.83. The molecule has 2 unspecified atom stereocenters. The van der Waals surface area contributed by atoms with E-state index >= 15 is 0 Å². The van der Waals surface area contributed by atoms with E-state index < -0.39 is 6.04 Å². The Morgan fingerprint density at radius 2 is 1.88 bits per heavy atom. The van der Waals surface area contributed by atoms with Gasteiger partial charge >= 0.3 is 0 Å². The van der Waals surface area contributed by atoms with Crippen LogP contribution in [0.4, 0.5) is 0 Å². The Labute approximate surface area is 107 Å². The molecule has 1 aromatic rings. The van der Waals surface area contributed by atoms with Crippen LogP contribution >= 0.6 is 11.6 Å². The van der Waals surface area contributed by atoms with Gasteiger partial charge in [-0.25, -0.2) is 0 Å². The number of nitrogens with two attached hydrogens (primary N) is 1. The number of hydrogen-bond acceptors (Lipinski definition) is 2. The molecule has 1 amide bonds. The maximum absolute atomic E-state index is 11.7. The molecule has 1 rings (SSSR count). The molecule has 2 atom stereocenters. The Kier molecular flexibility index (Phi) is 5.45. The minimum atomic E-state index is -0.434. The molecular weight excluding hydrogens is 236 g/mol. The fraction of sp³-hybridized carbons (Fsp3) is 0.462. The highest BCUT2D eigenvalue weighted by Crippen LogP contribution is 2.19. The fourth-order valence-electron chi connectivity index (χ4n) is 1.58. The zero-order valence-corrected chi connectivity index (χ0v) is 11.0. The molecule has 0 aliphatic rings. The van der Waals surface area contributed by atoms with Crippen LogP contribution in [0.15, 0.2) is 24.3 Å². The van der Waals surface area contributed by atoms with Crippen LogP contribution in [0, 0.1) is 0 Å². The largest absolute Gasteiger partial charge is 0.348 e. The number of rotatable bonds is 5. The summed E-state index contributed by atoms with van der Waals surface area (Å²) in [7, 11) is 0. The molecule has 0 spiro atoms. The number of benzene rings is 1. The summed E-state index contributed by atoms with van der Waals surface area (Å²) in [4.78, 5) is 11.7. The van der Waals surface area contributed by atoms with E-state index in [1.807, 2.05) is 38.1 Å². The summed E-state index contributed by atoms with van der Waals surface area (Å²) in [5.74, 6) is -0.103. The fourth-order valence-corrected chi connectivity index (χ4v) is 1.71. The lowest BCUT2D eigenvalue weighted by molar-refractivity contribution is -0.123. The van der Waals surface area contributed by atoms with Gasteiger partial charge in [0.1, 0.15) is 0 Å². The van der Waals surface area contributed by atoms with Crippen molar-refractivity contribution >= 4 is 17.5 Å². The van der Waals surface area contributed by atoms with Gasteiger partial charge < -0.3 is 11.1 Å². The normalized spacial score (nSPS) is 14.1. The maximum Gasteiger partial charge on any atom is 0.237 e. The Bertz CT molecular complexity index is 364. The Morgan fingerprint density at radius 3 is 2.35 bits per heavy atom. The van der Waals surface area contributed by atoms with Gasteiger partial charge in [0.15, 0.2) is 0 Å². The summed E-state index contributed by atoms with van der Waals surface area (Å²) < 4.78 is 0. The lowest BCUT2D eigenvalue weighted by Gasteiger charge is -2.19. The molecule has 94 valence electrons. The monoisotopic (exact) mass is 254 g/mol. The van der Waals surface area contributed by atoms with E-state index in [0.29, 0.717) is 11.4 Å². The third-order valence-corrected chi connectivity index (χ3v) is 3.03. The number of amides is 1. The van der Waals surface area contributed by atoms with Gasteiger partial charge in [0.2, 0.25) is 5.91 Å². The lowest BCUT2D eigenvalue weighted by atomic mass is 10.0. The molecule has 0 aliphatic carbocycles. The van der Waals surface area contributed by atoms with E-state index in [1.165, 1.54) is 0 Å². The van der Waals surface area contributed by atoms with Crippen molar-refractivity contribution in [3.63, 3.8) is 0 Å². The van der Waals surface area contributed by atoms with E-state index in [0.717, 1.165) is 12.0 Å². The second-order valence-corrected chi connectivity index (χ2v) is 4.47. The number of carbonyl (C=O) groups is 1. The summed E-state index contributed by atoms with van der Waals surface area (Å²) in [5.41, 5.74) is 6.74. The molecule has 0 saturated heterocycles. The molecule has 0 bridgehead atoms. The summed E-state index contributed by atoms with van der Waals surface area (Å²) in [6.45, 7) is 3.92. The van der Waals surface area contributed by atoms with Crippen LogP contribution in [-0.4, -0.2) is 11.9 Å². The van der Waals surface area contributed by atoms with Crippen LogP contribution < -0.4 is 11.1 Å². The zero-order chi connectivity index (χ0) is 12.8. The highest BCUT2D eigenvalue weighted by molar-refractivity contribution is 6.30. The summed E-state index contributed by atoms with van der Waals surface area (Å²) in [5, 5.41) is 3.64. The molecule has 0 aromatic heterocycles. The number of halogens is 1. The van der Waals surface area contributed by atoms with E-state index in [-0.39, 0.29) is 11.9 Å². The van der Waals surface area contributed by atoms with Crippen LogP contribution in [0.1, 0.15) is 38.3 Å². The minimum Gasteiger partial charge on any atom is -0.348 e. The van der Waals surface area contributed by atoms with E-state index in [2.05, 4.69) is 5.32 Å². The van der Waals surface area contributed by atoms with Gasteiger partial charge in [0, 0.05) is 5.02 Å². The van der Waals surface area contributed by atoms with Crippen molar-refractivity contribution in [1.29, 1.82) is 0 Å². The van der Waals surface area contributed by atoms with Crippen molar-refractivity contribution in [2.75, 3.05) is 0 Å². The van der Waals surface area contributed by atoms with Gasteiger partial charge in [0.25, 0.3) is 0 Å². The first-order valence-corrected chi connectivity index (χ1v) is 6.27. The molecule has 0 radical (unpaired) electrons. The van der Waals surface area contributed by atoms with Crippen molar-refractivity contribution in [3.05, 3.63) is 34.9 Å². The molecule has 0 saturated carbocycles. The molecule has 3 nitrogen and oxygen atoms in total. The van der Waals surface area contributed by atoms with Crippen molar-refractivity contribution in [2.45, 2.75) is 38.8 Å². The van der Waals surface area contributed by atoms with Crippen LogP contribution in [0.3, 0.4) is 0 Å². The summed E-state index contributed by atoms with van der Waals surface area (Å²) in [6, 6.07) is 7.06. The van der Waals surface area contributed by atoms with Crippen molar-refractivity contribution in [2.24, 2.45) is 5.73 Å². The first-order chi connectivity index (χ1) is 8.08. The number of hydrogen-bond donors (Lipinski definition) is 2. The SMILES string of the molecule is CCC(N)C(=O)NC(CC)c1ccc(Cl)cc1. The van der Waals surface area contributed by atoms with Gasteiger partial charge in [-0.3, -0.25) is 4.79 Å². The highest BCUT2D eigenvalue weighted by Gasteiger charge is 2.16. The molecular formula is C13H19ClN2O. The van der Waals surface area contributed by atoms with E-state index in [9.17, 15) is 4.79 Å². The average Bonchev–Trinajstić information content (AvgIpc) is 2.35. The summed E-state index contributed by atoms with van der Waals surface area (Å²) in [6.07, 6.45) is 1.46. The van der Waals surface area contributed by atoms with Gasteiger partial charge in [0.05, 0.1) is 12.1 Å². The van der Waals surface area contributed by atoms with Crippen molar-refractivity contribution in [1.82, 2.24) is 5.32 Å². The van der Waals surface area contributed by atoms with Crippen molar-refractivity contribution < 1.29 is 4.79 Å². The second kappa shape index (κ2) is 6.62. The molecule has 4 heteroatoms. The number of carbonyl (C=O) groups excluding carboxylic acids is 1. The van der Waals surface area contributed by atoms with E-state index in [1.54, 1.807) is 0 Å². The van der Waals surface area contributed by atoms with Crippen LogP contribution in [-0.2, 0) is 4.79 Å². The van der Waals surface area contributed by atoms with Gasteiger partial charge in [-0.05, 0) is 30.5 Å². The maximum atomic E-state index is 11.7. The topological polar surface area (TPSA) is 55.1 Å². The second-order valence-electron chi connectivity index (χ2n) is 4.04. The molecule has 0 aliphatic heterocycles. The lowest BCUT2D eigenvalue weighted by Crippen LogP contribution is -2.41. The third-order valence-electron chi connectivity index (χ3n) is 2.77. The van der Waals surface area contributed by atoms with Crippen LogP contribution in [0.5, 0.6) is 0 Å². The molecule has 0 fully saturated rings. The smallest absolute Gasteiger partial charge is 0.237 e. The predicted molar refractivity (Wildman–Crippen MR) is 70.9 cm³/mol. The average molecular weight is 255 g/mol. The third kappa shape index (κ3) is 4.02. The van der Waals surface area contributed by atoms with Gasteiger partial charge in [-0.15, -0.1) is 0 Å². The van der Waals surface area contributed by atoms with Crippen molar-refractivity contribution in [3.8, 4) is 0 Å². The van der Waals surface area contributed by atoms with Gasteiger partial charge in [-0.1, -0.05) is 37.6 Å². The quantitative estimate of drug-likeness (QED) is 0.849. The van der Waals surface area contributed by atoms with E-state index in [4.69, 9.17) is 17.3 Å². The Hall–Kier alpha value is -1.06. The molecule has 0 heterocycles. The number of nitrogens with one attached hydrogen (secondary N) is 1. The highest BCUT2D eigenvalue weighted by atomic mass is 35.5. The standard InChI is InChI=1S/C13H19ClN2O/c1-3-11(15)13(17)16-12(4-2)9-5-7-10(14)8-6-9/h5-8,11-12H,3-4,15H2,1-2H3,(H,16,17). The molecule has 1 aromatic carbocycles. The predicted octanol–water partition coefficient (Wildman–Crippen LogP) is 2.64. The Balaban J connectivity index is 2.72. The van der Waals surface area contributed by atoms with Gasteiger partial charge in [-0.2, -0.15) is 0 Å².